The van der Waals surface area contributed by atoms with Gasteiger partial charge in [0.05, 0.1) is 12.2 Å². The van der Waals surface area contributed by atoms with Crippen molar-refractivity contribution in [3.05, 3.63) is 94.8 Å². The Labute approximate surface area is 170 Å². The SMILES string of the molecule is CCOc1ccc(C2=C/C(=C/c3cc(C)n(-c4ccccc4)c3C)C(=O)O2)cc1. The van der Waals surface area contributed by atoms with E-state index in [1.54, 1.807) is 6.08 Å². The highest BCUT2D eigenvalue weighted by Gasteiger charge is 2.23. The Balaban J connectivity index is 1.66. The molecule has 2 heterocycles. The van der Waals surface area contributed by atoms with Crippen LogP contribution in [0, 0.1) is 13.8 Å². The predicted octanol–water partition coefficient (Wildman–Crippen LogP) is 5.47. The fourth-order valence-electron chi connectivity index (χ4n) is 3.59. The van der Waals surface area contributed by atoms with Gasteiger partial charge in [-0.15, -0.1) is 0 Å². The summed E-state index contributed by atoms with van der Waals surface area (Å²) in [6, 6.07) is 19.8. The number of rotatable bonds is 5. The molecule has 1 aliphatic rings. The van der Waals surface area contributed by atoms with Crippen molar-refractivity contribution in [2.75, 3.05) is 6.61 Å². The number of hydrogen-bond donors (Lipinski definition) is 0. The Morgan fingerprint density at radius 2 is 1.76 bits per heavy atom. The van der Waals surface area contributed by atoms with Gasteiger partial charge in [-0.25, -0.2) is 4.79 Å². The van der Waals surface area contributed by atoms with Gasteiger partial charge in [0, 0.05) is 22.6 Å². The molecular weight excluding hydrogens is 362 g/mol. The Morgan fingerprint density at radius 3 is 2.45 bits per heavy atom. The van der Waals surface area contributed by atoms with Crippen LogP contribution in [-0.2, 0) is 9.53 Å². The van der Waals surface area contributed by atoms with E-state index in [2.05, 4.69) is 36.6 Å². The van der Waals surface area contributed by atoms with Gasteiger partial charge in [0.2, 0.25) is 0 Å². The summed E-state index contributed by atoms with van der Waals surface area (Å²) in [6.45, 7) is 6.69. The minimum absolute atomic E-state index is 0.335. The van der Waals surface area contributed by atoms with Crippen LogP contribution in [0.15, 0.2) is 72.3 Å². The van der Waals surface area contributed by atoms with Crippen molar-refractivity contribution in [2.45, 2.75) is 20.8 Å². The summed E-state index contributed by atoms with van der Waals surface area (Å²) in [5.74, 6) is 1.02. The third-order valence-corrected chi connectivity index (χ3v) is 4.97. The number of esters is 1. The first-order valence-corrected chi connectivity index (χ1v) is 9.70. The smallest absolute Gasteiger partial charge is 0.343 e. The van der Waals surface area contributed by atoms with E-state index in [9.17, 15) is 4.79 Å². The maximum absolute atomic E-state index is 12.4. The zero-order chi connectivity index (χ0) is 20.4. The van der Waals surface area contributed by atoms with Crippen LogP contribution in [0.3, 0.4) is 0 Å². The first kappa shape index (κ1) is 18.8. The number of carbonyl (C=O) groups is 1. The molecule has 0 aliphatic carbocycles. The summed E-state index contributed by atoms with van der Waals surface area (Å²) < 4.78 is 13.2. The molecule has 0 radical (unpaired) electrons. The topological polar surface area (TPSA) is 40.5 Å². The number of aromatic nitrogens is 1. The summed E-state index contributed by atoms with van der Waals surface area (Å²) in [7, 11) is 0. The number of hydrogen-bond acceptors (Lipinski definition) is 3. The van der Waals surface area contributed by atoms with E-state index < -0.39 is 0 Å². The second-order valence-electron chi connectivity index (χ2n) is 6.95. The molecule has 0 saturated heterocycles. The van der Waals surface area contributed by atoms with Crippen molar-refractivity contribution in [1.29, 1.82) is 0 Å². The van der Waals surface area contributed by atoms with Crippen molar-refractivity contribution in [2.24, 2.45) is 0 Å². The van der Waals surface area contributed by atoms with Crippen molar-refractivity contribution in [3.8, 4) is 11.4 Å². The maximum Gasteiger partial charge on any atom is 0.343 e. The normalized spacial score (nSPS) is 14.8. The van der Waals surface area contributed by atoms with Crippen LogP contribution >= 0.6 is 0 Å². The molecule has 4 nitrogen and oxygen atoms in total. The zero-order valence-electron chi connectivity index (χ0n) is 16.8. The Bertz CT molecular complexity index is 1100. The van der Waals surface area contributed by atoms with E-state index in [0.29, 0.717) is 17.9 Å². The van der Waals surface area contributed by atoms with Gasteiger partial charge in [-0.2, -0.15) is 0 Å². The van der Waals surface area contributed by atoms with Crippen LogP contribution in [0.4, 0.5) is 0 Å². The third-order valence-electron chi connectivity index (χ3n) is 4.97. The lowest BCUT2D eigenvalue weighted by Crippen LogP contribution is -1.99. The van der Waals surface area contributed by atoms with Crippen LogP contribution in [0.25, 0.3) is 17.5 Å². The second kappa shape index (κ2) is 7.84. The average molecular weight is 385 g/mol. The molecule has 4 rings (SSSR count). The lowest BCUT2D eigenvalue weighted by atomic mass is 10.1. The van der Waals surface area contributed by atoms with Gasteiger partial charge >= 0.3 is 5.97 Å². The van der Waals surface area contributed by atoms with Crippen molar-refractivity contribution in [1.82, 2.24) is 4.57 Å². The Kier molecular flexibility index (Phi) is 5.09. The minimum atomic E-state index is -0.335. The molecule has 0 atom stereocenters. The summed E-state index contributed by atoms with van der Waals surface area (Å²) >= 11 is 0. The molecule has 0 amide bonds. The van der Waals surface area contributed by atoms with Crippen molar-refractivity contribution < 1.29 is 14.3 Å². The fourth-order valence-corrected chi connectivity index (χ4v) is 3.59. The largest absolute Gasteiger partial charge is 0.494 e. The predicted molar refractivity (Wildman–Crippen MR) is 115 cm³/mol. The number of nitrogens with zero attached hydrogens (tertiary/aromatic N) is 1. The highest BCUT2D eigenvalue weighted by atomic mass is 16.5. The molecule has 0 saturated carbocycles. The molecular formula is C25H23NO3. The monoisotopic (exact) mass is 385 g/mol. The molecule has 0 spiro atoms. The number of carbonyl (C=O) groups excluding carboxylic acids is 1. The van der Waals surface area contributed by atoms with Gasteiger partial charge in [0.25, 0.3) is 0 Å². The summed E-state index contributed by atoms with van der Waals surface area (Å²) in [6.07, 6.45) is 3.69. The fraction of sp³-hybridized carbons (Fsp3) is 0.160. The standard InChI is InChI=1S/C25H23NO3/c1-4-28-23-12-10-19(11-13-23)24-16-21(25(27)29-24)15-20-14-17(2)26(18(20)3)22-8-6-5-7-9-22/h5-16H,4H2,1-3H3/b21-15-. The average Bonchev–Trinajstić information content (AvgIpc) is 3.22. The van der Waals surface area contributed by atoms with Gasteiger partial charge in [0.15, 0.2) is 0 Å². The zero-order valence-corrected chi connectivity index (χ0v) is 16.8. The van der Waals surface area contributed by atoms with Gasteiger partial charge in [-0.3, -0.25) is 0 Å². The van der Waals surface area contributed by atoms with E-state index in [1.165, 1.54) is 0 Å². The molecule has 29 heavy (non-hydrogen) atoms. The first-order valence-electron chi connectivity index (χ1n) is 9.70. The third kappa shape index (κ3) is 3.74. The van der Waals surface area contributed by atoms with Crippen molar-refractivity contribution >= 4 is 17.8 Å². The van der Waals surface area contributed by atoms with E-state index in [1.807, 2.05) is 55.5 Å². The number of aryl methyl sites for hydroxylation is 1. The van der Waals surface area contributed by atoms with E-state index in [0.717, 1.165) is 34.0 Å². The molecule has 1 aliphatic heterocycles. The summed E-state index contributed by atoms with van der Waals surface area (Å²) in [5, 5.41) is 0. The first-order chi connectivity index (χ1) is 14.1. The molecule has 0 unspecified atom stereocenters. The number of cyclic esters (lactones) is 1. The van der Waals surface area contributed by atoms with Crippen LogP contribution in [0.1, 0.15) is 29.4 Å². The van der Waals surface area contributed by atoms with Gasteiger partial charge in [0.1, 0.15) is 11.5 Å². The second-order valence-corrected chi connectivity index (χ2v) is 6.95. The minimum Gasteiger partial charge on any atom is -0.494 e. The van der Waals surface area contributed by atoms with Crippen molar-refractivity contribution in [3.63, 3.8) is 0 Å². The summed E-state index contributed by atoms with van der Waals surface area (Å²) in [4.78, 5) is 12.4. The lowest BCUT2D eigenvalue weighted by Gasteiger charge is -2.09. The van der Waals surface area contributed by atoms with Crippen LogP contribution in [0.2, 0.25) is 0 Å². The molecule has 146 valence electrons. The van der Waals surface area contributed by atoms with E-state index in [-0.39, 0.29) is 5.97 Å². The van der Waals surface area contributed by atoms with Gasteiger partial charge in [-0.05, 0) is 81.0 Å². The van der Waals surface area contributed by atoms with Gasteiger partial charge in [-0.1, -0.05) is 18.2 Å². The lowest BCUT2D eigenvalue weighted by molar-refractivity contribution is -0.130. The number of ether oxygens (including phenoxy) is 2. The van der Waals surface area contributed by atoms with E-state index >= 15 is 0 Å². The molecule has 2 aromatic carbocycles. The van der Waals surface area contributed by atoms with Gasteiger partial charge < -0.3 is 14.0 Å². The number of benzene rings is 2. The quantitative estimate of drug-likeness (QED) is 0.432. The molecule has 3 aromatic rings. The molecule has 1 aromatic heterocycles. The van der Waals surface area contributed by atoms with Crippen LogP contribution in [0.5, 0.6) is 5.75 Å². The highest BCUT2D eigenvalue weighted by molar-refractivity contribution is 6.05. The van der Waals surface area contributed by atoms with E-state index in [4.69, 9.17) is 9.47 Å². The van der Waals surface area contributed by atoms with Crippen LogP contribution in [-0.4, -0.2) is 17.1 Å². The Hall–Kier alpha value is -3.53. The highest BCUT2D eigenvalue weighted by Crippen LogP contribution is 2.30. The summed E-state index contributed by atoms with van der Waals surface area (Å²) in [5.41, 5.74) is 5.69. The molecule has 0 N–H and O–H groups in total. The maximum atomic E-state index is 12.4. The Morgan fingerprint density at radius 1 is 1.03 bits per heavy atom. The molecule has 4 heteroatoms. The molecule has 0 bridgehead atoms. The number of para-hydroxylation sites is 1. The van der Waals surface area contributed by atoms with Crippen LogP contribution < -0.4 is 4.74 Å². The molecule has 0 fully saturated rings.